The van der Waals surface area contributed by atoms with Crippen LogP contribution in [0, 0.1) is 12.7 Å². The Morgan fingerprint density at radius 1 is 1.33 bits per heavy atom. The summed E-state index contributed by atoms with van der Waals surface area (Å²) in [4.78, 5) is 11.5. The van der Waals surface area contributed by atoms with Crippen LogP contribution in [0.3, 0.4) is 0 Å². The molecule has 1 heterocycles. The third-order valence-electron chi connectivity index (χ3n) is 3.70. The first-order chi connectivity index (χ1) is 9.97. The van der Waals surface area contributed by atoms with E-state index < -0.39 is 6.10 Å². The van der Waals surface area contributed by atoms with Crippen molar-refractivity contribution in [2.24, 2.45) is 0 Å². The Bertz CT molecular complexity index is 728. The van der Waals surface area contributed by atoms with Gasteiger partial charge in [0.25, 0.3) is 0 Å². The average molecular weight is 306 g/mol. The first kappa shape index (κ1) is 14.0. The van der Waals surface area contributed by atoms with E-state index in [-0.39, 0.29) is 18.1 Å². The summed E-state index contributed by atoms with van der Waals surface area (Å²) in [5.74, 6) is -0.449. The highest BCUT2D eigenvalue weighted by molar-refractivity contribution is 6.33. The van der Waals surface area contributed by atoms with E-state index in [9.17, 15) is 14.3 Å². The number of carbonyl (C=O) groups excluding carboxylic acids is 1. The molecule has 1 amide bonds. The average Bonchev–Trinajstić information content (AvgIpc) is 2.84. The normalized spacial score (nSPS) is 14.8. The second-order valence-corrected chi connectivity index (χ2v) is 5.50. The van der Waals surface area contributed by atoms with E-state index in [1.54, 1.807) is 13.0 Å². The van der Waals surface area contributed by atoms with Crippen molar-refractivity contribution in [2.75, 3.05) is 5.32 Å². The van der Waals surface area contributed by atoms with Crippen molar-refractivity contribution in [3.8, 4) is 0 Å². The molecule has 5 heteroatoms. The smallest absolute Gasteiger partial charge is 0.228 e. The molecular formula is C16H13ClFNO2. The number of anilines is 1. The number of nitrogens with one attached hydrogen (secondary N) is 1. The summed E-state index contributed by atoms with van der Waals surface area (Å²) in [5.41, 5.74) is 3.35. The molecule has 1 aliphatic rings. The van der Waals surface area contributed by atoms with Crippen LogP contribution in [0.2, 0.25) is 5.02 Å². The molecule has 1 aliphatic heterocycles. The van der Waals surface area contributed by atoms with Crippen molar-refractivity contribution in [3.05, 3.63) is 63.4 Å². The van der Waals surface area contributed by atoms with Gasteiger partial charge in [0.05, 0.1) is 11.4 Å². The number of aliphatic hydroxyl groups is 1. The van der Waals surface area contributed by atoms with Gasteiger partial charge in [-0.1, -0.05) is 23.7 Å². The van der Waals surface area contributed by atoms with Crippen LogP contribution in [0.4, 0.5) is 10.1 Å². The van der Waals surface area contributed by atoms with E-state index in [0.29, 0.717) is 16.1 Å². The predicted molar refractivity (Wildman–Crippen MR) is 79.0 cm³/mol. The summed E-state index contributed by atoms with van der Waals surface area (Å²) in [7, 11) is 0. The van der Waals surface area contributed by atoms with Crippen LogP contribution in [0.1, 0.15) is 28.4 Å². The molecule has 0 aliphatic carbocycles. The van der Waals surface area contributed by atoms with E-state index >= 15 is 0 Å². The SMILES string of the molecule is Cc1c(Cl)c(C(O)c2ccc(F)cc2)cc2c1NC(=O)C2. The van der Waals surface area contributed by atoms with Crippen LogP contribution in [0.5, 0.6) is 0 Å². The Kier molecular flexibility index (Phi) is 3.43. The maximum Gasteiger partial charge on any atom is 0.228 e. The van der Waals surface area contributed by atoms with Gasteiger partial charge in [0.1, 0.15) is 11.9 Å². The number of benzene rings is 2. The lowest BCUT2D eigenvalue weighted by Crippen LogP contribution is -2.05. The van der Waals surface area contributed by atoms with Crippen molar-refractivity contribution < 1.29 is 14.3 Å². The molecule has 0 bridgehead atoms. The zero-order valence-corrected chi connectivity index (χ0v) is 12.0. The van der Waals surface area contributed by atoms with Crippen molar-refractivity contribution in [3.63, 3.8) is 0 Å². The maximum atomic E-state index is 13.0. The van der Waals surface area contributed by atoms with Crippen molar-refractivity contribution in [1.82, 2.24) is 0 Å². The standard InChI is InChI=1S/C16H13ClFNO2/c1-8-14(17)12(6-10-7-13(20)19-15(8)10)16(21)9-2-4-11(18)5-3-9/h2-6,16,21H,7H2,1H3,(H,19,20). The van der Waals surface area contributed by atoms with Crippen LogP contribution >= 0.6 is 11.6 Å². The van der Waals surface area contributed by atoms with E-state index in [0.717, 1.165) is 16.8 Å². The van der Waals surface area contributed by atoms with Gasteiger partial charge in [0.15, 0.2) is 0 Å². The summed E-state index contributed by atoms with van der Waals surface area (Å²) in [6.45, 7) is 1.80. The topological polar surface area (TPSA) is 49.3 Å². The minimum atomic E-state index is -0.960. The van der Waals surface area contributed by atoms with E-state index in [1.807, 2.05) is 0 Å². The van der Waals surface area contributed by atoms with Crippen LogP contribution < -0.4 is 5.32 Å². The molecular weight excluding hydrogens is 293 g/mol. The van der Waals surface area contributed by atoms with Gasteiger partial charge in [-0.2, -0.15) is 0 Å². The molecule has 0 saturated carbocycles. The van der Waals surface area contributed by atoms with Gasteiger partial charge in [0, 0.05) is 11.3 Å². The number of amides is 1. The molecule has 108 valence electrons. The Labute approximate surface area is 126 Å². The summed E-state index contributed by atoms with van der Waals surface area (Å²) >= 11 is 6.32. The van der Waals surface area contributed by atoms with Crippen molar-refractivity contribution >= 4 is 23.2 Å². The second-order valence-electron chi connectivity index (χ2n) is 5.12. The van der Waals surface area contributed by atoms with Crippen molar-refractivity contribution in [2.45, 2.75) is 19.4 Å². The molecule has 3 rings (SSSR count). The highest BCUT2D eigenvalue weighted by Crippen LogP contribution is 2.38. The molecule has 0 aromatic heterocycles. The Balaban J connectivity index is 2.07. The first-order valence-electron chi connectivity index (χ1n) is 6.52. The lowest BCUT2D eigenvalue weighted by atomic mass is 9.96. The Hall–Kier alpha value is -1.91. The summed E-state index contributed by atoms with van der Waals surface area (Å²) < 4.78 is 13.0. The van der Waals surface area contributed by atoms with Gasteiger partial charge in [-0.15, -0.1) is 0 Å². The lowest BCUT2D eigenvalue weighted by molar-refractivity contribution is -0.115. The number of halogens is 2. The zero-order chi connectivity index (χ0) is 15.1. The van der Waals surface area contributed by atoms with Crippen molar-refractivity contribution in [1.29, 1.82) is 0 Å². The fourth-order valence-electron chi connectivity index (χ4n) is 2.58. The van der Waals surface area contributed by atoms with Crippen LogP contribution in [-0.2, 0) is 11.2 Å². The summed E-state index contributed by atoms with van der Waals surface area (Å²) in [6.07, 6.45) is -0.686. The van der Waals surface area contributed by atoms with Gasteiger partial charge in [-0.25, -0.2) is 4.39 Å². The quantitative estimate of drug-likeness (QED) is 0.894. The third-order valence-corrected chi connectivity index (χ3v) is 4.21. The highest BCUT2D eigenvalue weighted by atomic mass is 35.5. The zero-order valence-electron chi connectivity index (χ0n) is 11.3. The molecule has 0 spiro atoms. The van der Waals surface area contributed by atoms with Gasteiger partial charge in [-0.3, -0.25) is 4.79 Å². The van der Waals surface area contributed by atoms with Crippen LogP contribution in [-0.4, -0.2) is 11.0 Å². The number of fused-ring (bicyclic) bond motifs is 1. The lowest BCUT2D eigenvalue weighted by Gasteiger charge is -2.17. The fraction of sp³-hybridized carbons (Fsp3) is 0.188. The van der Waals surface area contributed by atoms with Gasteiger partial charge < -0.3 is 10.4 Å². The van der Waals surface area contributed by atoms with Gasteiger partial charge in [-0.05, 0) is 41.8 Å². The van der Waals surface area contributed by atoms with E-state index in [2.05, 4.69) is 5.32 Å². The molecule has 2 aromatic rings. The molecule has 2 aromatic carbocycles. The van der Waals surface area contributed by atoms with Gasteiger partial charge >= 0.3 is 0 Å². The number of aliphatic hydroxyl groups excluding tert-OH is 1. The molecule has 3 nitrogen and oxygen atoms in total. The first-order valence-corrected chi connectivity index (χ1v) is 6.90. The summed E-state index contributed by atoms with van der Waals surface area (Å²) in [5, 5.41) is 13.6. The van der Waals surface area contributed by atoms with Gasteiger partial charge in [0.2, 0.25) is 5.91 Å². The Morgan fingerprint density at radius 3 is 2.67 bits per heavy atom. The number of hydrogen-bond donors (Lipinski definition) is 2. The molecule has 1 atom stereocenters. The molecule has 21 heavy (non-hydrogen) atoms. The number of carbonyl (C=O) groups is 1. The monoisotopic (exact) mass is 305 g/mol. The maximum absolute atomic E-state index is 13.0. The third kappa shape index (κ3) is 2.41. The minimum Gasteiger partial charge on any atom is -0.384 e. The van der Waals surface area contributed by atoms with Crippen LogP contribution in [0.25, 0.3) is 0 Å². The van der Waals surface area contributed by atoms with E-state index in [4.69, 9.17) is 11.6 Å². The largest absolute Gasteiger partial charge is 0.384 e. The molecule has 0 fully saturated rings. The molecule has 1 unspecified atom stereocenters. The molecule has 2 N–H and O–H groups in total. The molecule has 0 saturated heterocycles. The number of hydrogen-bond acceptors (Lipinski definition) is 2. The number of rotatable bonds is 2. The molecule has 0 radical (unpaired) electrons. The van der Waals surface area contributed by atoms with Crippen LogP contribution in [0.15, 0.2) is 30.3 Å². The van der Waals surface area contributed by atoms with E-state index in [1.165, 1.54) is 24.3 Å². The summed E-state index contributed by atoms with van der Waals surface area (Å²) in [6, 6.07) is 7.34. The fourth-order valence-corrected chi connectivity index (χ4v) is 2.84. The minimum absolute atomic E-state index is 0.0856. The predicted octanol–water partition coefficient (Wildman–Crippen LogP) is 3.36. The second kappa shape index (κ2) is 5.13. The Morgan fingerprint density at radius 2 is 2.00 bits per heavy atom. The highest BCUT2D eigenvalue weighted by Gasteiger charge is 2.25.